The highest BCUT2D eigenvalue weighted by atomic mass is 15.2. The zero-order valence-electron chi connectivity index (χ0n) is 18.7. The van der Waals surface area contributed by atoms with Crippen LogP contribution < -0.4 is 4.57 Å². The normalized spacial score (nSPS) is 21.9. The Hall–Kier alpha value is -1.57. The van der Waals surface area contributed by atoms with Crippen molar-refractivity contribution in [2.75, 3.05) is 0 Å². The Balaban J connectivity index is 2.01. The van der Waals surface area contributed by atoms with Crippen LogP contribution in [0.4, 0.5) is 0 Å². The summed E-state index contributed by atoms with van der Waals surface area (Å²) in [6, 6.07) is 8.53. The number of hydrogen-bond donors (Lipinski definition) is 0. The Morgan fingerprint density at radius 2 is 1.64 bits per heavy atom. The Morgan fingerprint density at radius 1 is 0.960 bits per heavy atom. The minimum atomic E-state index is -2.14. The lowest BCUT2D eigenvalue weighted by Crippen LogP contribution is -2.44. The van der Waals surface area contributed by atoms with E-state index < -0.39 is 6.85 Å². The van der Waals surface area contributed by atoms with Gasteiger partial charge in [-0.05, 0) is 57.1 Å². The van der Waals surface area contributed by atoms with Gasteiger partial charge in [-0.15, -0.1) is 0 Å². The predicted octanol–water partition coefficient (Wildman–Crippen LogP) is 5.85. The van der Waals surface area contributed by atoms with Crippen molar-refractivity contribution in [1.29, 1.82) is 0 Å². The van der Waals surface area contributed by atoms with Gasteiger partial charge in [0, 0.05) is 23.8 Å². The van der Waals surface area contributed by atoms with Crippen LogP contribution in [-0.2, 0) is 0 Å². The molecule has 2 nitrogen and oxygen atoms in total. The number of aryl methyl sites for hydroxylation is 1. The van der Waals surface area contributed by atoms with Crippen LogP contribution in [0.5, 0.6) is 0 Å². The zero-order valence-corrected chi connectivity index (χ0v) is 15.7. The van der Waals surface area contributed by atoms with Gasteiger partial charge >= 0.3 is 0 Å². The van der Waals surface area contributed by atoms with E-state index >= 15 is 0 Å². The van der Waals surface area contributed by atoms with Crippen molar-refractivity contribution in [3.8, 4) is 5.69 Å². The first-order valence-electron chi connectivity index (χ1n) is 11.6. The Labute approximate surface area is 157 Å². The van der Waals surface area contributed by atoms with Gasteiger partial charge in [0.1, 0.15) is 23.1 Å². The molecule has 2 aromatic rings. The largest absolute Gasteiger partial charge is 0.259 e. The summed E-state index contributed by atoms with van der Waals surface area (Å²) in [7, 11) is 0. The van der Waals surface area contributed by atoms with E-state index in [4.69, 9.17) is 4.11 Å². The molecule has 1 aromatic carbocycles. The predicted molar refractivity (Wildman–Crippen MR) is 104 cm³/mol. The topological polar surface area (TPSA) is 8.81 Å². The number of imidazole rings is 1. The molecule has 0 atom stereocenters. The van der Waals surface area contributed by atoms with Crippen molar-refractivity contribution in [2.24, 2.45) is 0 Å². The molecule has 2 aliphatic rings. The Kier molecular flexibility index (Phi) is 3.80. The van der Waals surface area contributed by atoms with E-state index in [0.29, 0.717) is 17.8 Å². The van der Waals surface area contributed by atoms with E-state index in [0.717, 1.165) is 29.8 Å². The summed E-state index contributed by atoms with van der Waals surface area (Å²) in [5.74, 6) is 1.01. The summed E-state index contributed by atoms with van der Waals surface area (Å²) < 4.78 is 29.7. The lowest BCUT2D eigenvalue weighted by atomic mass is 9.86. The second kappa shape index (κ2) is 6.97. The molecular weight excluding hydrogens is 304 g/mol. The fraction of sp³-hybridized carbons (Fsp3) is 0.609. The quantitative estimate of drug-likeness (QED) is 0.619. The Morgan fingerprint density at radius 3 is 2.32 bits per heavy atom. The third kappa shape index (κ3) is 2.94. The second-order valence-electron chi connectivity index (χ2n) is 8.06. The molecule has 0 N–H and O–H groups in total. The number of rotatable bonds is 3. The zero-order chi connectivity index (χ0) is 19.9. The van der Waals surface area contributed by atoms with E-state index in [-0.39, 0.29) is 0 Å². The summed E-state index contributed by atoms with van der Waals surface area (Å²) in [6.45, 7) is 2.10. The third-order valence-corrected chi connectivity index (χ3v) is 6.44. The molecule has 0 bridgehead atoms. The summed E-state index contributed by atoms with van der Waals surface area (Å²) >= 11 is 0. The van der Waals surface area contributed by atoms with Gasteiger partial charge in [-0.3, -0.25) is 0 Å². The van der Waals surface area contributed by atoms with E-state index in [1.807, 2.05) is 12.1 Å². The van der Waals surface area contributed by atoms with Crippen LogP contribution in [0.3, 0.4) is 0 Å². The summed E-state index contributed by atoms with van der Waals surface area (Å²) in [5, 5.41) is 0. The number of benzene rings is 1. The highest BCUT2D eigenvalue weighted by molar-refractivity contribution is 5.43. The van der Waals surface area contributed by atoms with Crippen LogP contribution in [0, 0.1) is 20.7 Å². The first-order valence-corrected chi connectivity index (χ1v) is 10.1. The molecule has 2 aliphatic carbocycles. The van der Waals surface area contributed by atoms with Crippen molar-refractivity contribution >= 4 is 0 Å². The number of aromatic nitrogens is 2. The van der Waals surface area contributed by atoms with Crippen LogP contribution >= 0.6 is 0 Å². The molecule has 0 radical (unpaired) electrons. The molecular formula is C23H33N2+. The molecule has 0 spiro atoms. The minimum absolute atomic E-state index is 0.330. The first-order chi connectivity index (χ1) is 13.4. The second-order valence-corrected chi connectivity index (χ2v) is 8.06. The number of para-hydroxylation sites is 1. The molecule has 2 heteroatoms. The first kappa shape index (κ1) is 13.6. The summed E-state index contributed by atoms with van der Waals surface area (Å²) in [6.07, 6.45) is 10.8. The highest BCUT2D eigenvalue weighted by Gasteiger charge is 2.37. The van der Waals surface area contributed by atoms with Crippen molar-refractivity contribution in [3.63, 3.8) is 0 Å². The van der Waals surface area contributed by atoms with Crippen LogP contribution in [0.1, 0.15) is 96.6 Å². The lowest BCUT2D eigenvalue weighted by molar-refractivity contribution is -0.734. The molecule has 134 valence electrons. The smallest absolute Gasteiger partial charge is 0.228 e. The molecule has 2 saturated carbocycles. The van der Waals surface area contributed by atoms with Gasteiger partial charge in [-0.1, -0.05) is 37.5 Å². The molecule has 0 saturated heterocycles. The Bertz CT molecular complexity index is 838. The molecule has 0 amide bonds. The molecule has 4 rings (SSSR count). The van der Waals surface area contributed by atoms with Crippen molar-refractivity contribution in [1.82, 2.24) is 4.57 Å². The number of nitrogens with zero attached hydrogens (tertiary/aromatic N) is 2. The van der Waals surface area contributed by atoms with Gasteiger partial charge in [0.15, 0.2) is 0 Å². The average Bonchev–Trinajstić information content (AvgIpc) is 3.28. The van der Waals surface area contributed by atoms with Crippen molar-refractivity contribution in [3.05, 3.63) is 47.0 Å². The van der Waals surface area contributed by atoms with E-state index in [1.54, 1.807) is 0 Å². The standard InChI is InChI=1S/C23H33N2/c1-17-11-7-10-16-22(17)24-18(2)23(20-12-5-4-6-13-20)25(19(24)3)21-14-8-9-15-21/h7,10-11,16,20-21H,4-6,8-9,12-15H2,1-3H3/q+1/i3D3. The molecule has 0 unspecified atom stereocenters. The van der Waals surface area contributed by atoms with Crippen molar-refractivity contribution < 1.29 is 8.68 Å². The maximum Gasteiger partial charge on any atom is 0.259 e. The lowest BCUT2D eigenvalue weighted by Gasteiger charge is -2.22. The minimum Gasteiger partial charge on any atom is -0.228 e. The van der Waals surface area contributed by atoms with Gasteiger partial charge in [-0.2, -0.15) is 4.57 Å². The summed E-state index contributed by atoms with van der Waals surface area (Å²) in [4.78, 5) is 0. The molecule has 2 fully saturated rings. The van der Waals surface area contributed by atoms with Gasteiger partial charge in [0.25, 0.3) is 5.82 Å². The van der Waals surface area contributed by atoms with Crippen LogP contribution in [0.2, 0.25) is 0 Å². The van der Waals surface area contributed by atoms with Gasteiger partial charge in [0.05, 0.1) is 0 Å². The number of hydrogen-bond acceptors (Lipinski definition) is 0. The monoisotopic (exact) mass is 340 g/mol. The maximum absolute atomic E-state index is 8.45. The molecule has 25 heavy (non-hydrogen) atoms. The van der Waals surface area contributed by atoms with E-state index in [9.17, 15) is 0 Å². The average molecular weight is 341 g/mol. The van der Waals surface area contributed by atoms with Gasteiger partial charge in [0.2, 0.25) is 0 Å². The maximum atomic E-state index is 8.45. The van der Waals surface area contributed by atoms with Gasteiger partial charge in [-0.25, -0.2) is 4.57 Å². The molecule has 1 aromatic heterocycles. The third-order valence-electron chi connectivity index (χ3n) is 6.44. The van der Waals surface area contributed by atoms with Crippen LogP contribution in [0.15, 0.2) is 24.3 Å². The molecule has 1 heterocycles. The van der Waals surface area contributed by atoms with Crippen LogP contribution in [0.25, 0.3) is 5.69 Å². The fourth-order valence-electron chi connectivity index (χ4n) is 5.18. The van der Waals surface area contributed by atoms with E-state index in [2.05, 4.69) is 35.1 Å². The van der Waals surface area contributed by atoms with Crippen LogP contribution in [-0.4, -0.2) is 4.57 Å². The van der Waals surface area contributed by atoms with Gasteiger partial charge < -0.3 is 0 Å². The van der Waals surface area contributed by atoms with Crippen molar-refractivity contribution in [2.45, 2.75) is 90.4 Å². The highest BCUT2D eigenvalue weighted by Crippen LogP contribution is 2.37. The molecule has 0 aliphatic heterocycles. The summed E-state index contributed by atoms with van der Waals surface area (Å²) in [5.41, 5.74) is 4.58. The SMILES string of the molecule is [2H]C([2H])([2H])c1n(-c2ccccc2C)c(C)c(C2CCCCC2)[n+]1C1CCCC1. The fourth-order valence-corrected chi connectivity index (χ4v) is 5.18. The van der Waals surface area contributed by atoms with E-state index in [1.165, 1.54) is 50.6 Å².